The third-order valence-electron chi connectivity index (χ3n) is 13.8. The molecule has 4 aliphatic heterocycles. The molecular formula is C38H46O5. The van der Waals surface area contributed by atoms with Gasteiger partial charge in [-0.15, -0.1) is 0 Å². The van der Waals surface area contributed by atoms with E-state index in [-0.39, 0.29) is 22.4 Å². The van der Waals surface area contributed by atoms with Crippen LogP contribution in [0.2, 0.25) is 0 Å². The molecule has 8 fully saturated rings. The molecule has 2 aromatic rings. The molecule has 228 valence electrons. The normalized spacial score (nSPS) is 37.6. The lowest BCUT2D eigenvalue weighted by Gasteiger charge is -2.78. The first-order chi connectivity index (χ1) is 21.1. The molecule has 0 bridgehead atoms. The van der Waals surface area contributed by atoms with E-state index >= 15 is 0 Å². The summed E-state index contributed by atoms with van der Waals surface area (Å²) in [4.78, 5) is 0. The first-order valence-electron chi connectivity index (χ1n) is 17.6. The first kappa shape index (κ1) is 26.5. The average Bonchev–Trinajstić information content (AvgIpc) is 3.61. The zero-order valence-corrected chi connectivity index (χ0v) is 25.5. The zero-order chi connectivity index (χ0) is 28.5. The lowest BCUT2D eigenvalue weighted by molar-refractivity contribution is -0.522. The number of hydrogen-bond donors (Lipinski definition) is 0. The van der Waals surface area contributed by atoms with Gasteiger partial charge in [-0.2, -0.15) is 0 Å². The summed E-state index contributed by atoms with van der Waals surface area (Å²) in [6.07, 6.45) is 17.8. The molecular weight excluding hydrogens is 536 g/mol. The van der Waals surface area contributed by atoms with E-state index in [1.807, 2.05) is 0 Å². The number of hydrogen-bond acceptors (Lipinski definition) is 5. The van der Waals surface area contributed by atoms with Gasteiger partial charge in [-0.05, 0) is 62.5 Å². The second-order valence-corrected chi connectivity index (χ2v) is 15.4. The molecule has 43 heavy (non-hydrogen) atoms. The highest BCUT2D eigenvalue weighted by Gasteiger charge is 2.95. The highest BCUT2D eigenvalue weighted by Crippen LogP contribution is 2.81. The Labute approximate surface area is 255 Å². The second kappa shape index (κ2) is 8.53. The van der Waals surface area contributed by atoms with Gasteiger partial charge in [-0.1, -0.05) is 112 Å². The van der Waals surface area contributed by atoms with Crippen molar-refractivity contribution in [1.29, 1.82) is 0 Å². The van der Waals surface area contributed by atoms with Crippen molar-refractivity contribution in [3.8, 4) is 0 Å². The standard InChI is InChI=1S/C38H46O5/c1-3-15-29(16-4-1)35(27-39-35)37(31(19-7-8-20-31)41-32(37)21-9-10-22-32)43-38(36(28-40-36)30-17-5-2-6-18-30)33(23-11-12-24-33)42-34(38)25-13-14-26-34/h1-6,15-18H,7-14,19-28H2. The van der Waals surface area contributed by atoms with Crippen molar-refractivity contribution < 1.29 is 23.7 Å². The van der Waals surface area contributed by atoms with Crippen molar-refractivity contribution >= 4 is 0 Å². The monoisotopic (exact) mass is 582 g/mol. The van der Waals surface area contributed by atoms with E-state index in [1.165, 1.54) is 62.5 Å². The Morgan fingerprint density at radius 2 is 0.698 bits per heavy atom. The molecule has 4 spiro atoms. The van der Waals surface area contributed by atoms with Gasteiger partial charge in [0.15, 0.2) is 22.4 Å². The molecule has 5 nitrogen and oxygen atoms in total. The fourth-order valence-electron chi connectivity index (χ4n) is 12.3. The van der Waals surface area contributed by atoms with Crippen molar-refractivity contribution in [2.45, 2.75) is 148 Å². The molecule has 4 saturated carbocycles. The largest absolute Gasteiger partial charge is 0.362 e. The zero-order valence-electron chi connectivity index (χ0n) is 25.5. The van der Waals surface area contributed by atoms with Crippen LogP contribution in [-0.2, 0) is 34.9 Å². The number of rotatable bonds is 6. The molecule has 2 unspecified atom stereocenters. The summed E-state index contributed by atoms with van der Waals surface area (Å²) in [6, 6.07) is 22.2. The van der Waals surface area contributed by atoms with Gasteiger partial charge in [-0.3, -0.25) is 0 Å². The Balaban J connectivity index is 1.26. The van der Waals surface area contributed by atoms with Crippen LogP contribution in [0.25, 0.3) is 0 Å². The predicted molar refractivity (Wildman–Crippen MR) is 162 cm³/mol. The van der Waals surface area contributed by atoms with Gasteiger partial charge in [0.25, 0.3) is 0 Å². The lowest BCUT2D eigenvalue weighted by Crippen LogP contribution is -2.93. The van der Waals surface area contributed by atoms with Crippen LogP contribution < -0.4 is 0 Å². The summed E-state index contributed by atoms with van der Waals surface area (Å²) in [5.74, 6) is 0. The maximum absolute atomic E-state index is 8.71. The Morgan fingerprint density at radius 3 is 0.953 bits per heavy atom. The number of benzene rings is 2. The van der Waals surface area contributed by atoms with Crippen molar-refractivity contribution in [2.24, 2.45) is 0 Å². The fourth-order valence-corrected chi connectivity index (χ4v) is 12.3. The van der Waals surface area contributed by atoms with Gasteiger partial charge in [0.2, 0.25) is 0 Å². The molecule has 4 saturated heterocycles. The molecule has 8 aliphatic rings. The Morgan fingerprint density at radius 1 is 0.419 bits per heavy atom. The second-order valence-electron chi connectivity index (χ2n) is 15.4. The van der Waals surface area contributed by atoms with Crippen molar-refractivity contribution in [2.75, 3.05) is 13.2 Å². The van der Waals surface area contributed by atoms with E-state index in [0.29, 0.717) is 13.2 Å². The highest BCUT2D eigenvalue weighted by atomic mass is 16.7. The maximum atomic E-state index is 8.71. The molecule has 5 heteroatoms. The summed E-state index contributed by atoms with van der Waals surface area (Å²) < 4.78 is 37.5. The lowest BCUT2D eigenvalue weighted by atomic mass is 9.51. The van der Waals surface area contributed by atoms with Crippen LogP contribution in [0.4, 0.5) is 0 Å². The molecule has 0 amide bonds. The minimum Gasteiger partial charge on any atom is -0.362 e. The fraction of sp³-hybridized carbons (Fsp3) is 0.684. The first-order valence-corrected chi connectivity index (χ1v) is 17.6. The molecule has 10 rings (SSSR count). The van der Waals surface area contributed by atoms with Gasteiger partial charge < -0.3 is 23.7 Å². The average molecular weight is 583 g/mol. The van der Waals surface area contributed by atoms with Crippen molar-refractivity contribution in [1.82, 2.24) is 0 Å². The van der Waals surface area contributed by atoms with Gasteiger partial charge >= 0.3 is 0 Å². The van der Waals surface area contributed by atoms with E-state index in [0.717, 1.165) is 51.4 Å². The summed E-state index contributed by atoms with van der Waals surface area (Å²) >= 11 is 0. The third kappa shape index (κ3) is 2.83. The summed E-state index contributed by atoms with van der Waals surface area (Å²) in [7, 11) is 0. The van der Waals surface area contributed by atoms with Crippen LogP contribution in [0.15, 0.2) is 60.7 Å². The van der Waals surface area contributed by atoms with Crippen LogP contribution >= 0.6 is 0 Å². The van der Waals surface area contributed by atoms with Crippen molar-refractivity contribution in [3.63, 3.8) is 0 Å². The summed E-state index contributed by atoms with van der Waals surface area (Å²) in [6.45, 7) is 1.39. The molecule has 2 atom stereocenters. The number of ether oxygens (including phenoxy) is 5. The van der Waals surface area contributed by atoms with Gasteiger partial charge in [0, 0.05) is 0 Å². The molecule has 4 heterocycles. The smallest absolute Gasteiger partial charge is 0.162 e. The van der Waals surface area contributed by atoms with E-state index in [4.69, 9.17) is 23.7 Å². The van der Waals surface area contributed by atoms with Gasteiger partial charge in [0.05, 0.1) is 13.2 Å². The quantitative estimate of drug-likeness (QED) is 0.328. The summed E-state index contributed by atoms with van der Waals surface area (Å²) in [5, 5.41) is 0. The van der Waals surface area contributed by atoms with Crippen LogP contribution in [0, 0.1) is 0 Å². The van der Waals surface area contributed by atoms with Crippen LogP contribution in [-0.4, -0.2) is 46.8 Å². The third-order valence-corrected chi connectivity index (χ3v) is 13.8. The number of epoxide rings is 2. The molecule has 0 N–H and O–H groups in total. The Hall–Kier alpha value is -1.76. The van der Waals surface area contributed by atoms with E-state index in [9.17, 15) is 0 Å². The maximum Gasteiger partial charge on any atom is 0.162 e. The van der Waals surface area contributed by atoms with Crippen LogP contribution in [0.5, 0.6) is 0 Å². The van der Waals surface area contributed by atoms with Crippen LogP contribution in [0.3, 0.4) is 0 Å². The van der Waals surface area contributed by atoms with E-state index in [2.05, 4.69) is 60.7 Å². The van der Waals surface area contributed by atoms with Crippen molar-refractivity contribution in [3.05, 3.63) is 71.8 Å². The molecule has 0 radical (unpaired) electrons. The Kier molecular flexibility index (Phi) is 5.25. The minimum atomic E-state index is -0.593. The predicted octanol–water partition coefficient (Wildman–Crippen LogP) is 7.64. The van der Waals surface area contributed by atoms with Crippen LogP contribution in [0.1, 0.15) is 114 Å². The van der Waals surface area contributed by atoms with Gasteiger partial charge in [0.1, 0.15) is 22.4 Å². The molecule has 4 aliphatic carbocycles. The summed E-state index contributed by atoms with van der Waals surface area (Å²) in [5.41, 5.74) is -1.09. The topological polar surface area (TPSA) is 52.8 Å². The van der Waals surface area contributed by atoms with E-state index < -0.39 is 22.4 Å². The van der Waals surface area contributed by atoms with E-state index in [1.54, 1.807) is 0 Å². The SMILES string of the molecule is c1ccc(C2(C3(OC4(C5(c6ccccc6)CO5)C5(CCCC5)OC45CCCC5)C4(CCCC4)OC34CCCC4)CO2)cc1. The Bertz CT molecular complexity index is 1230. The molecule has 0 aromatic heterocycles. The highest BCUT2D eigenvalue weighted by molar-refractivity contribution is 5.48. The minimum absolute atomic E-state index is 0.349. The van der Waals surface area contributed by atoms with Gasteiger partial charge in [-0.25, -0.2) is 0 Å². The molecule has 2 aromatic carbocycles.